The van der Waals surface area contributed by atoms with E-state index in [9.17, 15) is 23.8 Å². The van der Waals surface area contributed by atoms with Gasteiger partial charge in [-0.15, -0.1) is 0 Å². The quantitative estimate of drug-likeness (QED) is 0.211. The maximum absolute atomic E-state index is 13.6. The fraction of sp³-hybridized carbons (Fsp3) is 0.375. The zero-order valence-corrected chi connectivity index (χ0v) is 22.3. The fourth-order valence-corrected chi connectivity index (χ4v) is 5.15. The summed E-state index contributed by atoms with van der Waals surface area (Å²) in [6, 6.07) is 9.13. The van der Waals surface area contributed by atoms with Gasteiger partial charge in [0.25, 0.3) is 15.7 Å². The summed E-state index contributed by atoms with van der Waals surface area (Å²) in [7, 11) is -1.23. The predicted octanol–water partition coefficient (Wildman–Crippen LogP) is 2.94. The first-order valence-corrected chi connectivity index (χ1v) is 13.1. The Kier molecular flexibility index (Phi) is 8.46. The molecule has 0 radical (unpaired) electrons. The minimum atomic E-state index is -4.27. The number of non-ortho nitro benzene ring substituents is 1. The number of nitro groups is 1. The molecule has 0 aliphatic heterocycles. The molecule has 2 heterocycles. The highest BCUT2D eigenvalue weighted by atomic mass is 32.2. The van der Waals surface area contributed by atoms with Crippen LogP contribution in [0.15, 0.2) is 52.7 Å². The number of nitro benzene ring substituents is 1. The Balaban J connectivity index is 2.01. The molecule has 0 saturated carbocycles. The number of nitriles is 1. The molecule has 13 heteroatoms. The maximum Gasteiger partial charge on any atom is 0.281 e. The van der Waals surface area contributed by atoms with Gasteiger partial charge in [-0.1, -0.05) is 13.8 Å². The highest BCUT2D eigenvalue weighted by molar-refractivity contribution is 7.89. The van der Waals surface area contributed by atoms with Gasteiger partial charge in [-0.3, -0.25) is 10.1 Å². The molecule has 0 bridgehead atoms. The molecule has 12 nitrogen and oxygen atoms in total. The van der Waals surface area contributed by atoms with Crippen LogP contribution in [0.5, 0.6) is 0 Å². The van der Waals surface area contributed by atoms with Crippen LogP contribution < -0.4 is 4.90 Å². The number of likely N-dealkylation sites (N-methyl/N-ethyl adjacent to an activating group) is 2. The van der Waals surface area contributed by atoms with Crippen molar-refractivity contribution in [2.75, 3.05) is 45.2 Å². The zero-order valence-electron chi connectivity index (χ0n) is 21.5. The summed E-state index contributed by atoms with van der Waals surface area (Å²) in [6.07, 6.45) is 3.17. The SMILES string of the molecule is CCN(CC)CCN(C)c1ccc([N+](=O)[O-])cc1S(=O)(=O)N(C)/N=C(\C)c1cnn2ccc(C#N)cc12. The Labute approximate surface area is 216 Å². The van der Waals surface area contributed by atoms with Gasteiger partial charge in [0.2, 0.25) is 0 Å². The van der Waals surface area contributed by atoms with Gasteiger partial charge in [-0.05, 0) is 38.2 Å². The number of benzene rings is 1. The van der Waals surface area contributed by atoms with Gasteiger partial charge in [-0.2, -0.15) is 28.3 Å². The number of aromatic nitrogens is 2. The van der Waals surface area contributed by atoms with E-state index in [4.69, 9.17) is 0 Å². The summed E-state index contributed by atoms with van der Waals surface area (Å²) >= 11 is 0. The molecule has 0 spiro atoms. The van der Waals surface area contributed by atoms with Crippen LogP contribution in [0.1, 0.15) is 31.9 Å². The first-order chi connectivity index (χ1) is 17.5. The highest BCUT2D eigenvalue weighted by Crippen LogP contribution is 2.31. The zero-order chi connectivity index (χ0) is 27.3. The third kappa shape index (κ3) is 5.87. The number of hydrazone groups is 1. The summed E-state index contributed by atoms with van der Waals surface area (Å²) in [5.41, 5.74) is 1.93. The van der Waals surface area contributed by atoms with Crippen LogP contribution in [-0.2, 0) is 10.0 Å². The van der Waals surface area contributed by atoms with Crippen molar-refractivity contribution in [2.45, 2.75) is 25.7 Å². The van der Waals surface area contributed by atoms with Gasteiger partial charge >= 0.3 is 0 Å². The standard InChI is InChI=1S/C24H30N8O4S/c1-6-30(7-2)13-12-28(4)22-9-8-20(32(33)34)15-24(22)37(35,36)29(5)27-18(3)21-17-26-31-11-10-19(16-25)14-23(21)31/h8-11,14-15,17H,6-7,12-13H2,1-5H3/b27-18+. The third-order valence-electron chi connectivity index (χ3n) is 6.17. The van der Waals surface area contributed by atoms with Crippen molar-refractivity contribution in [2.24, 2.45) is 5.10 Å². The summed E-state index contributed by atoms with van der Waals surface area (Å²) in [6.45, 7) is 8.66. The molecule has 0 saturated heterocycles. The largest absolute Gasteiger partial charge is 0.372 e. The van der Waals surface area contributed by atoms with Crippen molar-refractivity contribution in [1.82, 2.24) is 18.9 Å². The van der Waals surface area contributed by atoms with E-state index in [0.717, 1.165) is 23.6 Å². The Hall–Kier alpha value is -4.02. The van der Waals surface area contributed by atoms with E-state index in [1.807, 2.05) is 13.8 Å². The number of anilines is 1. The molecule has 0 aliphatic rings. The van der Waals surface area contributed by atoms with E-state index in [-0.39, 0.29) is 10.6 Å². The van der Waals surface area contributed by atoms with Crippen LogP contribution in [0, 0.1) is 21.4 Å². The molecule has 0 N–H and O–H groups in total. The average molecular weight is 527 g/mol. The van der Waals surface area contributed by atoms with E-state index in [1.165, 1.54) is 25.4 Å². The Bertz CT molecular complexity index is 1470. The summed E-state index contributed by atoms with van der Waals surface area (Å²) < 4.78 is 29.7. The molecule has 1 aromatic carbocycles. The van der Waals surface area contributed by atoms with Gasteiger partial charge in [-0.25, -0.2) is 4.52 Å². The summed E-state index contributed by atoms with van der Waals surface area (Å²) in [5, 5.41) is 29.2. The lowest BCUT2D eigenvalue weighted by molar-refractivity contribution is -0.385. The highest BCUT2D eigenvalue weighted by Gasteiger charge is 2.28. The van der Waals surface area contributed by atoms with Crippen LogP contribution in [0.25, 0.3) is 5.52 Å². The van der Waals surface area contributed by atoms with Crippen LogP contribution in [0.2, 0.25) is 0 Å². The van der Waals surface area contributed by atoms with Crippen LogP contribution in [0.3, 0.4) is 0 Å². The Morgan fingerprint density at radius 3 is 2.51 bits per heavy atom. The smallest absolute Gasteiger partial charge is 0.281 e. The molecule has 196 valence electrons. The first-order valence-electron chi connectivity index (χ1n) is 11.7. The van der Waals surface area contributed by atoms with E-state index in [1.54, 1.807) is 41.7 Å². The fourth-order valence-electron chi connectivity index (χ4n) is 3.88. The van der Waals surface area contributed by atoms with E-state index in [0.29, 0.717) is 41.1 Å². The number of nitrogens with zero attached hydrogens (tertiary/aromatic N) is 8. The molecule has 37 heavy (non-hydrogen) atoms. The predicted molar refractivity (Wildman–Crippen MR) is 141 cm³/mol. The lowest BCUT2D eigenvalue weighted by Crippen LogP contribution is -2.34. The van der Waals surface area contributed by atoms with Crippen molar-refractivity contribution in [3.63, 3.8) is 0 Å². The van der Waals surface area contributed by atoms with Gasteiger partial charge in [0.05, 0.1) is 39.7 Å². The van der Waals surface area contributed by atoms with Crippen molar-refractivity contribution in [3.8, 4) is 6.07 Å². The minimum absolute atomic E-state index is 0.213. The molecular formula is C24H30N8O4S. The number of fused-ring (bicyclic) bond motifs is 1. The molecule has 3 aromatic rings. The summed E-state index contributed by atoms with van der Waals surface area (Å²) in [5.74, 6) is 0. The van der Waals surface area contributed by atoms with Crippen LogP contribution in [0.4, 0.5) is 11.4 Å². The maximum atomic E-state index is 13.6. The Morgan fingerprint density at radius 1 is 1.19 bits per heavy atom. The molecule has 0 atom stereocenters. The average Bonchev–Trinajstić information content (AvgIpc) is 3.31. The minimum Gasteiger partial charge on any atom is -0.372 e. The topological polar surface area (TPSA) is 140 Å². The second-order valence-corrected chi connectivity index (χ2v) is 10.3. The van der Waals surface area contributed by atoms with Crippen molar-refractivity contribution < 1.29 is 13.3 Å². The first kappa shape index (κ1) is 27.6. The monoisotopic (exact) mass is 526 g/mol. The molecule has 0 unspecified atom stereocenters. The van der Waals surface area contributed by atoms with Crippen molar-refractivity contribution in [1.29, 1.82) is 5.26 Å². The van der Waals surface area contributed by atoms with Crippen molar-refractivity contribution in [3.05, 3.63) is 64.0 Å². The summed E-state index contributed by atoms with van der Waals surface area (Å²) in [4.78, 5) is 14.6. The van der Waals surface area contributed by atoms with E-state index in [2.05, 4.69) is 21.2 Å². The number of pyridine rings is 1. The molecule has 3 rings (SSSR count). The molecule has 0 fully saturated rings. The van der Waals surface area contributed by atoms with E-state index >= 15 is 0 Å². The van der Waals surface area contributed by atoms with E-state index < -0.39 is 14.9 Å². The van der Waals surface area contributed by atoms with Crippen LogP contribution >= 0.6 is 0 Å². The van der Waals surface area contributed by atoms with Gasteiger partial charge < -0.3 is 9.80 Å². The van der Waals surface area contributed by atoms with Gasteiger partial charge in [0.1, 0.15) is 4.90 Å². The second-order valence-electron chi connectivity index (χ2n) is 8.40. The number of hydrogen-bond donors (Lipinski definition) is 0. The number of hydrogen-bond acceptors (Lipinski definition) is 9. The second kappa shape index (κ2) is 11.4. The lowest BCUT2D eigenvalue weighted by atomic mass is 10.1. The van der Waals surface area contributed by atoms with Gasteiger partial charge in [0, 0.05) is 51.1 Å². The Morgan fingerprint density at radius 2 is 1.89 bits per heavy atom. The molecule has 0 aliphatic carbocycles. The molecule has 2 aromatic heterocycles. The van der Waals surface area contributed by atoms with Crippen LogP contribution in [-0.4, -0.2) is 78.3 Å². The number of rotatable bonds is 11. The number of sulfonamides is 1. The van der Waals surface area contributed by atoms with Gasteiger partial charge in [0.15, 0.2) is 0 Å². The molecular weight excluding hydrogens is 496 g/mol. The van der Waals surface area contributed by atoms with Crippen molar-refractivity contribution >= 4 is 32.6 Å². The third-order valence-corrected chi connectivity index (χ3v) is 7.83. The normalized spacial score (nSPS) is 12.1. The molecule has 0 amide bonds. The lowest BCUT2D eigenvalue weighted by Gasteiger charge is -2.27.